The predicted octanol–water partition coefficient (Wildman–Crippen LogP) is 3.50. The molecule has 0 fully saturated rings. The Labute approximate surface area is 114 Å². The molecule has 0 bridgehead atoms. The van der Waals surface area contributed by atoms with Crippen LogP contribution in [0.25, 0.3) is 0 Å². The van der Waals surface area contributed by atoms with E-state index in [1.165, 1.54) is 0 Å². The van der Waals surface area contributed by atoms with Crippen molar-refractivity contribution in [2.24, 2.45) is 0 Å². The number of aryl methyl sites for hydroxylation is 2. The fraction of sp³-hybridized carbons (Fsp3) is 0.231. The predicted molar refractivity (Wildman–Crippen MR) is 75.0 cm³/mol. The Morgan fingerprint density at radius 2 is 1.18 bits per heavy atom. The van der Waals surface area contributed by atoms with Gasteiger partial charge in [0.25, 0.3) is 0 Å². The Morgan fingerprint density at radius 1 is 0.706 bits per heavy atom. The maximum atomic E-state index is 4.29. The average Bonchev–Trinajstić information content (AvgIpc) is 2.32. The van der Waals surface area contributed by atoms with Crippen LogP contribution in [-0.4, -0.2) is 9.97 Å². The van der Waals surface area contributed by atoms with Crippen molar-refractivity contribution in [3.8, 4) is 0 Å². The third kappa shape index (κ3) is 5.66. The summed E-state index contributed by atoms with van der Waals surface area (Å²) in [5.74, 6) is 0. The molecule has 92 valence electrons. The fourth-order valence-electron chi connectivity index (χ4n) is 1.54. The van der Waals surface area contributed by atoms with E-state index in [1.54, 1.807) is 0 Å². The summed E-state index contributed by atoms with van der Waals surface area (Å²) in [6.07, 6.45) is 6.84. The number of pyridine rings is 2. The molecule has 2 aromatic rings. The van der Waals surface area contributed by atoms with Crippen molar-refractivity contribution in [3.63, 3.8) is 0 Å². The first-order valence-corrected chi connectivity index (χ1v) is 5.25. The van der Waals surface area contributed by atoms with Crippen LogP contribution in [0.2, 0.25) is 0 Å². The van der Waals surface area contributed by atoms with Crippen LogP contribution in [0.15, 0.2) is 48.8 Å². The van der Waals surface area contributed by atoms with Gasteiger partial charge in [-0.3, -0.25) is 9.97 Å². The highest BCUT2D eigenvalue weighted by molar-refractivity contribution is 5.85. The highest BCUT2D eigenvalue weighted by Crippen LogP contribution is 2.03. The summed E-state index contributed by atoms with van der Waals surface area (Å²) < 4.78 is 0. The van der Waals surface area contributed by atoms with Crippen molar-refractivity contribution in [3.05, 3.63) is 60.2 Å². The number of halogens is 2. The van der Waals surface area contributed by atoms with Gasteiger partial charge < -0.3 is 0 Å². The first kappa shape index (κ1) is 15.9. The second-order valence-electron chi connectivity index (χ2n) is 3.50. The van der Waals surface area contributed by atoms with Crippen LogP contribution < -0.4 is 0 Å². The van der Waals surface area contributed by atoms with E-state index >= 15 is 0 Å². The third-order valence-corrected chi connectivity index (χ3v) is 2.32. The molecule has 0 N–H and O–H groups in total. The lowest BCUT2D eigenvalue weighted by molar-refractivity contribution is 0.781. The van der Waals surface area contributed by atoms with E-state index < -0.39 is 0 Å². The number of rotatable bonds is 4. The molecule has 0 aliphatic rings. The van der Waals surface area contributed by atoms with E-state index in [4.69, 9.17) is 0 Å². The molecular formula is C13H16Cl2N2. The van der Waals surface area contributed by atoms with Gasteiger partial charge in [0.15, 0.2) is 0 Å². The van der Waals surface area contributed by atoms with Crippen LogP contribution in [0.5, 0.6) is 0 Å². The molecule has 17 heavy (non-hydrogen) atoms. The van der Waals surface area contributed by atoms with E-state index in [0.717, 1.165) is 30.7 Å². The quantitative estimate of drug-likeness (QED) is 0.850. The fourth-order valence-corrected chi connectivity index (χ4v) is 1.54. The molecular weight excluding hydrogens is 255 g/mol. The molecule has 4 heteroatoms. The zero-order valence-electron chi connectivity index (χ0n) is 9.45. The van der Waals surface area contributed by atoms with E-state index in [-0.39, 0.29) is 24.8 Å². The van der Waals surface area contributed by atoms with Gasteiger partial charge in [-0.25, -0.2) is 0 Å². The summed E-state index contributed by atoms with van der Waals surface area (Å²) in [4.78, 5) is 8.58. The van der Waals surface area contributed by atoms with Crippen LogP contribution >= 0.6 is 24.8 Å². The van der Waals surface area contributed by atoms with E-state index in [0.29, 0.717) is 0 Å². The summed E-state index contributed by atoms with van der Waals surface area (Å²) >= 11 is 0. The highest BCUT2D eigenvalue weighted by atomic mass is 35.5. The summed E-state index contributed by atoms with van der Waals surface area (Å²) in [5.41, 5.74) is 2.32. The number of hydrogen-bond donors (Lipinski definition) is 0. The molecule has 2 aromatic heterocycles. The van der Waals surface area contributed by atoms with Gasteiger partial charge in [0.1, 0.15) is 0 Å². The monoisotopic (exact) mass is 270 g/mol. The lowest BCUT2D eigenvalue weighted by Crippen LogP contribution is -1.93. The molecule has 0 aliphatic carbocycles. The minimum Gasteiger partial charge on any atom is -0.261 e. The third-order valence-electron chi connectivity index (χ3n) is 2.32. The topological polar surface area (TPSA) is 25.8 Å². The van der Waals surface area contributed by atoms with Gasteiger partial charge >= 0.3 is 0 Å². The van der Waals surface area contributed by atoms with Gasteiger partial charge in [-0.2, -0.15) is 0 Å². The molecule has 0 saturated heterocycles. The summed E-state index contributed by atoms with van der Waals surface area (Å²) in [6.45, 7) is 0. The minimum atomic E-state index is 0. The summed E-state index contributed by atoms with van der Waals surface area (Å²) in [6, 6.07) is 12.1. The van der Waals surface area contributed by atoms with E-state index in [1.807, 2.05) is 36.7 Å². The maximum Gasteiger partial charge on any atom is 0.0403 e. The van der Waals surface area contributed by atoms with Gasteiger partial charge in [-0.15, -0.1) is 24.8 Å². The van der Waals surface area contributed by atoms with Crippen molar-refractivity contribution < 1.29 is 0 Å². The first-order valence-electron chi connectivity index (χ1n) is 5.25. The Hall–Kier alpha value is -1.12. The standard InChI is InChI=1S/C13H14N2.2ClH/c1-3-10-14-12(6-1)8-5-9-13-7-2-4-11-15-13;;/h1-4,6-7,10-11H,5,8-9H2;2*1H. The molecule has 2 rings (SSSR count). The largest absolute Gasteiger partial charge is 0.261 e. The van der Waals surface area contributed by atoms with Gasteiger partial charge in [-0.05, 0) is 43.5 Å². The molecule has 0 aromatic carbocycles. The first-order chi connectivity index (χ1) is 7.45. The lowest BCUT2D eigenvalue weighted by Gasteiger charge is -2.00. The van der Waals surface area contributed by atoms with Gasteiger partial charge in [0, 0.05) is 23.8 Å². The second kappa shape index (κ2) is 8.97. The van der Waals surface area contributed by atoms with Crippen LogP contribution in [0, 0.1) is 0 Å². The van der Waals surface area contributed by atoms with Crippen molar-refractivity contribution in [2.45, 2.75) is 19.3 Å². The van der Waals surface area contributed by atoms with Crippen LogP contribution in [0.4, 0.5) is 0 Å². The van der Waals surface area contributed by atoms with Crippen molar-refractivity contribution >= 4 is 24.8 Å². The Kier molecular flexibility index (Phi) is 8.38. The molecule has 0 radical (unpaired) electrons. The number of nitrogens with zero attached hydrogens (tertiary/aromatic N) is 2. The lowest BCUT2D eigenvalue weighted by atomic mass is 10.1. The van der Waals surface area contributed by atoms with Crippen LogP contribution in [-0.2, 0) is 12.8 Å². The van der Waals surface area contributed by atoms with Crippen molar-refractivity contribution in [1.29, 1.82) is 0 Å². The Balaban J connectivity index is 0.00000128. The van der Waals surface area contributed by atoms with Gasteiger partial charge in [0.05, 0.1) is 0 Å². The van der Waals surface area contributed by atoms with E-state index in [9.17, 15) is 0 Å². The van der Waals surface area contributed by atoms with Crippen molar-refractivity contribution in [1.82, 2.24) is 9.97 Å². The van der Waals surface area contributed by atoms with Crippen LogP contribution in [0.3, 0.4) is 0 Å². The molecule has 0 aliphatic heterocycles. The average molecular weight is 271 g/mol. The molecule has 0 unspecified atom stereocenters. The zero-order chi connectivity index (χ0) is 10.3. The second-order valence-corrected chi connectivity index (χ2v) is 3.50. The highest BCUT2D eigenvalue weighted by Gasteiger charge is 1.95. The summed E-state index contributed by atoms with van der Waals surface area (Å²) in [7, 11) is 0. The number of aromatic nitrogens is 2. The maximum absolute atomic E-state index is 4.29. The van der Waals surface area contributed by atoms with Crippen molar-refractivity contribution in [2.75, 3.05) is 0 Å². The molecule has 2 heterocycles. The molecule has 0 amide bonds. The Bertz CT molecular complexity index is 353. The molecule has 0 saturated carbocycles. The zero-order valence-corrected chi connectivity index (χ0v) is 11.1. The van der Waals surface area contributed by atoms with Crippen LogP contribution in [0.1, 0.15) is 17.8 Å². The van der Waals surface area contributed by atoms with E-state index in [2.05, 4.69) is 22.1 Å². The number of hydrogen-bond acceptors (Lipinski definition) is 2. The minimum absolute atomic E-state index is 0. The van der Waals surface area contributed by atoms with Gasteiger partial charge in [0.2, 0.25) is 0 Å². The molecule has 2 nitrogen and oxygen atoms in total. The molecule has 0 atom stereocenters. The van der Waals surface area contributed by atoms with Gasteiger partial charge in [-0.1, -0.05) is 12.1 Å². The summed E-state index contributed by atoms with van der Waals surface area (Å²) in [5, 5.41) is 0. The normalized spacial score (nSPS) is 8.94. The SMILES string of the molecule is Cl.Cl.c1ccc(CCCc2ccccn2)nc1. The Morgan fingerprint density at radius 3 is 1.53 bits per heavy atom. The smallest absolute Gasteiger partial charge is 0.0403 e. The molecule has 0 spiro atoms.